The van der Waals surface area contributed by atoms with Crippen molar-refractivity contribution in [1.29, 1.82) is 0 Å². The smallest absolute Gasteiger partial charge is 0.0252 e. The van der Waals surface area contributed by atoms with Crippen LogP contribution in [0.5, 0.6) is 0 Å². The minimum atomic E-state index is 0.583. The van der Waals surface area contributed by atoms with E-state index in [9.17, 15) is 0 Å². The van der Waals surface area contributed by atoms with Crippen molar-refractivity contribution in [2.24, 2.45) is 11.7 Å². The highest BCUT2D eigenvalue weighted by Crippen LogP contribution is 2.27. The van der Waals surface area contributed by atoms with Crippen LogP contribution >= 0.6 is 11.8 Å². The van der Waals surface area contributed by atoms with Crippen LogP contribution in [0.1, 0.15) is 6.42 Å². The van der Waals surface area contributed by atoms with Gasteiger partial charge in [0.25, 0.3) is 0 Å². The Hall–Kier alpha value is 0.230. The third-order valence-electron chi connectivity index (χ3n) is 3.22. The molecule has 2 atom stereocenters. The largest absolute Gasteiger partial charge is 0.329 e. The number of nitrogens with zero attached hydrogens (tertiary/aromatic N) is 2. The number of hydrogen-bond acceptors (Lipinski definition) is 4. The van der Waals surface area contributed by atoms with Crippen LogP contribution in [0, 0.1) is 5.92 Å². The van der Waals surface area contributed by atoms with Gasteiger partial charge < -0.3 is 15.5 Å². The van der Waals surface area contributed by atoms with Gasteiger partial charge in [0, 0.05) is 25.7 Å². The highest BCUT2D eigenvalue weighted by atomic mass is 32.2. The van der Waals surface area contributed by atoms with Crippen LogP contribution in [0.3, 0.4) is 0 Å². The molecule has 0 aromatic heterocycles. The Kier molecular flexibility index (Phi) is 5.97. The maximum atomic E-state index is 5.90. The van der Waals surface area contributed by atoms with Crippen molar-refractivity contribution in [1.82, 2.24) is 9.80 Å². The molecule has 0 bridgehead atoms. The van der Waals surface area contributed by atoms with Gasteiger partial charge in [-0.1, -0.05) is 0 Å². The van der Waals surface area contributed by atoms with Crippen LogP contribution in [-0.2, 0) is 0 Å². The van der Waals surface area contributed by atoms with Crippen molar-refractivity contribution in [2.75, 3.05) is 52.3 Å². The molecule has 0 aliphatic carbocycles. The van der Waals surface area contributed by atoms with Crippen LogP contribution in [0.25, 0.3) is 0 Å². The minimum absolute atomic E-state index is 0.583. The fraction of sp³-hybridized carbons (Fsp3) is 1.00. The van der Waals surface area contributed by atoms with Crippen LogP contribution in [0.4, 0.5) is 0 Å². The SMILES string of the molecule is CN(C)CCN(C)C(CN)C1CCSC1. The summed E-state index contributed by atoms with van der Waals surface area (Å²) in [6.07, 6.45) is 1.35. The van der Waals surface area contributed by atoms with E-state index in [-0.39, 0.29) is 0 Å². The summed E-state index contributed by atoms with van der Waals surface area (Å²) in [6, 6.07) is 0.583. The van der Waals surface area contributed by atoms with E-state index in [0.29, 0.717) is 6.04 Å². The van der Waals surface area contributed by atoms with Gasteiger partial charge in [0.1, 0.15) is 0 Å². The summed E-state index contributed by atoms with van der Waals surface area (Å²) in [4.78, 5) is 4.67. The third-order valence-corrected chi connectivity index (χ3v) is 4.40. The Bertz CT molecular complexity index is 169. The Morgan fingerprint density at radius 2 is 2.07 bits per heavy atom. The molecule has 2 unspecified atom stereocenters. The maximum absolute atomic E-state index is 5.90. The second-order valence-electron chi connectivity index (χ2n) is 4.71. The van der Waals surface area contributed by atoms with E-state index in [0.717, 1.165) is 25.6 Å². The lowest BCUT2D eigenvalue weighted by Gasteiger charge is -2.32. The van der Waals surface area contributed by atoms with Crippen LogP contribution < -0.4 is 5.73 Å². The molecule has 1 saturated heterocycles. The van der Waals surface area contributed by atoms with Gasteiger partial charge in [-0.25, -0.2) is 0 Å². The first-order valence-electron chi connectivity index (χ1n) is 5.78. The molecule has 1 aliphatic heterocycles. The van der Waals surface area contributed by atoms with Crippen molar-refractivity contribution >= 4 is 11.8 Å². The second kappa shape index (κ2) is 6.74. The molecular formula is C11H25N3S. The number of likely N-dealkylation sites (N-methyl/N-ethyl adjacent to an activating group) is 2. The van der Waals surface area contributed by atoms with Gasteiger partial charge in [0.05, 0.1) is 0 Å². The minimum Gasteiger partial charge on any atom is -0.329 e. The highest BCUT2D eigenvalue weighted by Gasteiger charge is 2.27. The molecule has 4 heteroatoms. The van der Waals surface area contributed by atoms with E-state index >= 15 is 0 Å². The van der Waals surface area contributed by atoms with E-state index in [4.69, 9.17) is 5.73 Å². The van der Waals surface area contributed by atoms with Crippen LogP contribution in [-0.4, -0.2) is 68.1 Å². The molecule has 1 heterocycles. The van der Waals surface area contributed by atoms with Gasteiger partial charge >= 0.3 is 0 Å². The predicted octanol–water partition coefficient (Wildman–Crippen LogP) is 0.560. The lowest BCUT2D eigenvalue weighted by molar-refractivity contribution is 0.176. The molecule has 2 N–H and O–H groups in total. The zero-order valence-corrected chi connectivity index (χ0v) is 11.1. The van der Waals surface area contributed by atoms with Gasteiger partial charge in [0.15, 0.2) is 0 Å². The zero-order valence-electron chi connectivity index (χ0n) is 10.3. The molecule has 1 rings (SSSR count). The number of nitrogens with two attached hydrogens (primary N) is 1. The predicted molar refractivity (Wildman–Crippen MR) is 69.5 cm³/mol. The molecule has 0 aromatic rings. The van der Waals surface area contributed by atoms with Gasteiger partial charge in [-0.2, -0.15) is 11.8 Å². The highest BCUT2D eigenvalue weighted by molar-refractivity contribution is 7.99. The summed E-state index contributed by atoms with van der Waals surface area (Å²) in [5.41, 5.74) is 5.90. The average Bonchev–Trinajstić information content (AvgIpc) is 2.69. The lowest BCUT2D eigenvalue weighted by atomic mass is 9.98. The molecule has 0 aromatic carbocycles. The molecule has 0 saturated carbocycles. The number of hydrogen-bond donors (Lipinski definition) is 1. The second-order valence-corrected chi connectivity index (χ2v) is 5.86. The Balaban J connectivity index is 2.35. The topological polar surface area (TPSA) is 32.5 Å². The van der Waals surface area contributed by atoms with Crippen molar-refractivity contribution in [3.63, 3.8) is 0 Å². The van der Waals surface area contributed by atoms with Crippen LogP contribution in [0.15, 0.2) is 0 Å². The van der Waals surface area contributed by atoms with Gasteiger partial charge in [-0.05, 0) is 45.0 Å². The molecule has 0 radical (unpaired) electrons. The fourth-order valence-electron chi connectivity index (χ4n) is 2.11. The molecule has 1 fully saturated rings. The normalized spacial score (nSPS) is 24.0. The van der Waals surface area contributed by atoms with Gasteiger partial charge in [0.2, 0.25) is 0 Å². The first-order chi connectivity index (χ1) is 7.15. The molecule has 0 amide bonds. The van der Waals surface area contributed by atoms with Crippen LogP contribution in [0.2, 0.25) is 0 Å². The Morgan fingerprint density at radius 1 is 1.33 bits per heavy atom. The van der Waals surface area contributed by atoms with Gasteiger partial charge in [-0.15, -0.1) is 0 Å². The third kappa shape index (κ3) is 4.31. The molecule has 15 heavy (non-hydrogen) atoms. The summed E-state index contributed by atoms with van der Waals surface area (Å²) in [6.45, 7) is 3.04. The first kappa shape index (κ1) is 13.3. The van der Waals surface area contributed by atoms with Gasteiger partial charge in [-0.3, -0.25) is 0 Å². The molecule has 0 spiro atoms. The summed E-state index contributed by atoms with van der Waals surface area (Å²) in [7, 11) is 6.46. The summed E-state index contributed by atoms with van der Waals surface area (Å²) in [5, 5.41) is 0. The maximum Gasteiger partial charge on any atom is 0.0252 e. The number of rotatable bonds is 6. The van der Waals surface area contributed by atoms with Crippen molar-refractivity contribution in [3.05, 3.63) is 0 Å². The summed E-state index contributed by atoms with van der Waals surface area (Å²) < 4.78 is 0. The van der Waals surface area contributed by atoms with Crippen molar-refractivity contribution < 1.29 is 0 Å². The summed E-state index contributed by atoms with van der Waals surface area (Å²) >= 11 is 2.08. The van der Waals surface area contributed by atoms with Crippen molar-refractivity contribution in [3.8, 4) is 0 Å². The Labute approximate surface area is 98.4 Å². The van der Waals surface area contributed by atoms with E-state index in [2.05, 4.69) is 42.7 Å². The molecule has 1 aliphatic rings. The number of thioether (sulfide) groups is 1. The quantitative estimate of drug-likeness (QED) is 0.724. The molecule has 3 nitrogen and oxygen atoms in total. The van der Waals surface area contributed by atoms with Crippen molar-refractivity contribution in [2.45, 2.75) is 12.5 Å². The first-order valence-corrected chi connectivity index (χ1v) is 6.93. The molecule has 90 valence electrons. The van der Waals surface area contributed by atoms with E-state index < -0.39 is 0 Å². The standard InChI is InChI=1S/C11H25N3S/c1-13(2)5-6-14(3)11(8-12)10-4-7-15-9-10/h10-11H,4-9,12H2,1-3H3. The zero-order chi connectivity index (χ0) is 11.3. The monoisotopic (exact) mass is 231 g/mol. The average molecular weight is 231 g/mol. The Morgan fingerprint density at radius 3 is 2.53 bits per heavy atom. The van der Waals surface area contributed by atoms with E-state index in [1.54, 1.807) is 0 Å². The summed E-state index contributed by atoms with van der Waals surface area (Å²) in [5.74, 6) is 3.43. The fourth-order valence-corrected chi connectivity index (χ4v) is 3.44. The van der Waals surface area contributed by atoms with E-state index in [1.807, 2.05) is 0 Å². The molecular weight excluding hydrogens is 206 g/mol. The lowest BCUT2D eigenvalue weighted by Crippen LogP contribution is -2.45. The van der Waals surface area contributed by atoms with E-state index in [1.165, 1.54) is 17.9 Å².